The lowest BCUT2D eigenvalue weighted by molar-refractivity contribution is -0.132. The van der Waals surface area contributed by atoms with E-state index in [0.717, 1.165) is 43.5 Å². The molecule has 1 aromatic carbocycles. The van der Waals surface area contributed by atoms with Gasteiger partial charge in [0.1, 0.15) is 11.9 Å². The highest BCUT2D eigenvalue weighted by Gasteiger charge is 2.41. The predicted molar refractivity (Wildman–Crippen MR) is 138 cm³/mol. The zero-order valence-corrected chi connectivity index (χ0v) is 21.8. The van der Waals surface area contributed by atoms with Gasteiger partial charge in [-0.15, -0.1) is 0 Å². The first-order valence-electron chi connectivity index (χ1n) is 12.5. The molecule has 1 spiro atoms. The van der Waals surface area contributed by atoms with Crippen molar-refractivity contribution in [3.8, 4) is 11.8 Å². The monoisotopic (exact) mass is 498 g/mol. The zero-order chi connectivity index (χ0) is 26.2. The number of nitrogens with zero attached hydrogens (tertiary/aromatic N) is 3. The Hall–Kier alpha value is -3.09. The van der Waals surface area contributed by atoms with Crippen LogP contribution in [-0.2, 0) is 14.3 Å². The molecule has 9 nitrogen and oxygen atoms in total. The van der Waals surface area contributed by atoms with Gasteiger partial charge in [0.05, 0.1) is 18.8 Å². The fraction of sp³-hybridized carbons (Fsp3) is 0.593. The van der Waals surface area contributed by atoms with Crippen LogP contribution < -0.4 is 10.2 Å². The number of carbonyl (C=O) groups is 3. The molecule has 2 aliphatic rings. The van der Waals surface area contributed by atoms with Crippen LogP contribution in [0, 0.1) is 11.8 Å². The van der Waals surface area contributed by atoms with Gasteiger partial charge in [0.2, 0.25) is 0 Å². The van der Waals surface area contributed by atoms with Crippen LogP contribution in [0.3, 0.4) is 0 Å². The number of benzene rings is 1. The van der Waals surface area contributed by atoms with Crippen molar-refractivity contribution in [1.29, 1.82) is 0 Å². The van der Waals surface area contributed by atoms with E-state index < -0.39 is 5.60 Å². The van der Waals surface area contributed by atoms with Gasteiger partial charge in [-0.25, -0.2) is 9.59 Å². The van der Waals surface area contributed by atoms with E-state index in [1.165, 1.54) is 4.90 Å². The van der Waals surface area contributed by atoms with Gasteiger partial charge in [-0.2, -0.15) is 0 Å². The Kier molecular flexibility index (Phi) is 9.35. The topological polar surface area (TPSA) is 91.4 Å². The van der Waals surface area contributed by atoms with Crippen LogP contribution in [0.5, 0.6) is 0 Å². The van der Waals surface area contributed by atoms with Crippen LogP contribution in [0.4, 0.5) is 15.3 Å². The SMILES string of the molecule is CNC(=O)N(CCC=O)c1ccc(C#CCN2CCOC3(CCN(C(=O)OC(C)(C)C)CC3)C2)cc1. The van der Waals surface area contributed by atoms with E-state index in [0.29, 0.717) is 32.8 Å². The van der Waals surface area contributed by atoms with Gasteiger partial charge in [-0.1, -0.05) is 11.8 Å². The molecule has 0 saturated carbocycles. The highest BCUT2D eigenvalue weighted by Crippen LogP contribution is 2.30. The molecule has 3 rings (SSSR count). The number of likely N-dealkylation sites (tertiary alicyclic amines) is 1. The fourth-order valence-electron chi connectivity index (χ4n) is 4.43. The second-order valence-electron chi connectivity index (χ2n) is 10.2. The quantitative estimate of drug-likeness (QED) is 0.496. The van der Waals surface area contributed by atoms with Crippen molar-refractivity contribution in [2.24, 2.45) is 0 Å². The van der Waals surface area contributed by atoms with E-state index in [9.17, 15) is 14.4 Å². The molecule has 0 unspecified atom stereocenters. The number of hydrogen-bond donors (Lipinski definition) is 1. The first-order valence-corrected chi connectivity index (χ1v) is 12.5. The summed E-state index contributed by atoms with van der Waals surface area (Å²) in [5.74, 6) is 6.46. The van der Waals surface area contributed by atoms with Gasteiger partial charge in [-0.05, 0) is 57.9 Å². The number of urea groups is 1. The Morgan fingerprint density at radius 2 is 1.89 bits per heavy atom. The Morgan fingerprint density at radius 3 is 2.50 bits per heavy atom. The van der Waals surface area contributed by atoms with Crippen molar-refractivity contribution in [3.63, 3.8) is 0 Å². The summed E-state index contributed by atoms with van der Waals surface area (Å²) in [7, 11) is 1.57. The van der Waals surface area contributed by atoms with E-state index in [1.54, 1.807) is 11.9 Å². The van der Waals surface area contributed by atoms with Crippen molar-refractivity contribution >= 4 is 24.1 Å². The van der Waals surface area contributed by atoms with Gasteiger partial charge in [0.25, 0.3) is 0 Å². The Bertz CT molecular complexity index is 969. The number of rotatable bonds is 5. The van der Waals surface area contributed by atoms with E-state index in [4.69, 9.17) is 9.47 Å². The molecule has 0 radical (unpaired) electrons. The minimum absolute atomic E-state index is 0.245. The minimum atomic E-state index is -0.497. The van der Waals surface area contributed by atoms with Crippen LogP contribution in [0.2, 0.25) is 0 Å². The molecule has 2 fully saturated rings. The number of aldehydes is 1. The molecule has 2 saturated heterocycles. The van der Waals surface area contributed by atoms with Crippen LogP contribution in [0.25, 0.3) is 0 Å². The molecule has 3 amide bonds. The molecule has 1 N–H and O–H groups in total. The van der Waals surface area contributed by atoms with Crippen LogP contribution in [-0.4, -0.2) is 92.3 Å². The Balaban J connectivity index is 1.53. The fourth-order valence-corrected chi connectivity index (χ4v) is 4.43. The highest BCUT2D eigenvalue weighted by molar-refractivity contribution is 5.92. The van der Waals surface area contributed by atoms with Gasteiger partial charge >= 0.3 is 12.1 Å². The van der Waals surface area contributed by atoms with E-state index in [-0.39, 0.29) is 24.1 Å². The summed E-state index contributed by atoms with van der Waals surface area (Å²) in [5, 5.41) is 2.60. The summed E-state index contributed by atoms with van der Waals surface area (Å²) in [6.45, 7) is 10.1. The predicted octanol–water partition coefficient (Wildman–Crippen LogP) is 2.87. The smallest absolute Gasteiger partial charge is 0.410 e. The number of anilines is 1. The van der Waals surface area contributed by atoms with Crippen molar-refractivity contribution in [1.82, 2.24) is 15.1 Å². The molecular formula is C27H38N4O5. The zero-order valence-electron chi connectivity index (χ0n) is 21.8. The molecule has 0 atom stereocenters. The average Bonchev–Trinajstić information content (AvgIpc) is 2.84. The third kappa shape index (κ3) is 7.70. The lowest BCUT2D eigenvalue weighted by atomic mass is 9.89. The van der Waals surface area contributed by atoms with Crippen LogP contribution in [0.15, 0.2) is 24.3 Å². The highest BCUT2D eigenvalue weighted by atomic mass is 16.6. The molecule has 36 heavy (non-hydrogen) atoms. The van der Waals surface area contributed by atoms with Gasteiger partial charge < -0.3 is 24.5 Å². The van der Waals surface area contributed by atoms with Crippen molar-refractivity contribution in [2.75, 3.05) is 57.8 Å². The molecule has 0 aromatic heterocycles. The maximum absolute atomic E-state index is 12.4. The molecule has 0 aliphatic carbocycles. The standard InChI is InChI=1S/C27H38N4O5/c1-26(2,3)36-25(34)30-16-12-27(13-17-30)21-29(18-20-35-27)14-5-7-22-8-10-23(11-9-22)31(15-6-19-32)24(33)28-4/h8-11,19H,6,12-18,20-21H2,1-4H3,(H,28,33). The van der Waals surface area contributed by atoms with E-state index >= 15 is 0 Å². The number of amides is 3. The number of piperidine rings is 1. The molecule has 2 heterocycles. The number of carbonyl (C=O) groups excluding carboxylic acids is 3. The normalized spacial score (nSPS) is 17.6. The molecule has 2 aliphatic heterocycles. The number of hydrogen-bond acceptors (Lipinski definition) is 6. The van der Waals surface area contributed by atoms with Crippen molar-refractivity contribution < 1.29 is 23.9 Å². The first-order chi connectivity index (χ1) is 17.1. The molecular weight excluding hydrogens is 460 g/mol. The first kappa shape index (κ1) is 27.5. The van der Waals surface area contributed by atoms with E-state index in [1.807, 2.05) is 45.0 Å². The lowest BCUT2D eigenvalue weighted by Gasteiger charge is -2.46. The largest absolute Gasteiger partial charge is 0.444 e. The summed E-state index contributed by atoms with van der Waals surface area (Å²) in [6.07, 6.45) is 2.38. The molecule has 9 heteroatoms. The number of ether oxygens (including phenoxy) is 2. The maximum atomic E-state index is 12.4. The second kappa shape index (κ2) is 12.2. The summed E-state index contributed by atoms with van der Waals surface area (Å²) >= 11 is 0. The maximum Gasteiger partial charge on any atom is 0.410 e. The van der Waals surface area contributed by atoms with Gasteiger partial charge in [-0.3, -0.25) is 9.80 Å². The number of morpholine rings is 1. The average molecular weight is 499 g/mol. The van der Waals surface area contributed by atoms with Crippen molar-refractivity contribution in [3.05, 3.63) is 29.8 Å². The van der Waals surface area contributed by atoms with Crippen LogP contribution in [0.1, 0.15) is 45.6 Å². The Labute approximate surface area is 214 Å². The second-order valence-corrected chi connectivity index (χ2v) is 10.2. The lowest BCUT2D eigenvalue weighted by Crippen LogP contribution is -2.57. The van der Waals surface area contributed by atoms with Crippen molar-refractivity contribution in [2.45, 2.75) is 51.2 Å². The minimum Gasteiger partial charge on any atom is -0.444 e. The van der Waals surface area contributed by atoms with E-state index in [2.05, 4.69) is 22.1 Å². The summed E-state index contributed by atoms with van der Waals surface area (Å²) < 4.78 is 11.7. The molecule has 1 aromatic rings. The Morgan fingerprint density at radius 1 is 1.19 bits per heavy atom. The van der Waals surface area contributed by atoms with Gasteiger partial charge in [0.15, 0.2) is 0 Å². The molecule has 0 bridgehead atoms. The molecule has 196 valence electrons. The summed E-state index contributed by atoms with van der Waals surface area (Å²) in [4.78, 5) is 40.8. The number of nitrogens with one attached hydrogen (secondary N) is 1. The third-order valence-electron chi connectivity index (χ3n) is 6.30. The van der Waals surface area contributed by atoms with Crippen LogP contribution >= 0.6 is 0 Å². The third-order valence-corrected chi connectivity index (χ3v) is 6.30. The summed E-state index contributed by atoms with van der Waals surface area (Å²) in [6, 6.07) is 7.19. The van der Waals surface area contributed by atoms with Gasteiger partial charge in [0, 0.05) is 57.4 Å². The summed E-state index contributed by atoms with van der Waals surface area (Å²) in [5.41, 5.74) is 0.836.